The summed E-state index contributed by atoms with van der Waals surface area (Å²) in [6.07, 6.45) is 0. The van der Waals surface area contributed by atoms with E-state index in [-0.39, 0.29) is 29.6 Å². The average molecular weight is 396 g/mol. The molecule has 1 aromatic carbocycles. The second-order valence-electron chi connectivity index (χ2n) is 5.12. The molecule has 0 bridgehead atoms. The third kappa shape index (κ3) is 3.76. The Morgan fingerprint density at radius 1 is 1.08 bits per heavy atom. The first-order valence-corrected chi connectivity index (χ1v) is 8.29. The maximum atomic E-state index is 13.7. The Hall–Kier alpha value is -2.30. The van der Waals surface area contributed by atoms with Gasteiger partial charge in [-0.15, -0.1) is 11.8 Å². The maximum Gasteiger partial charge on any atom is 0.337 e. The number of nitrogens with one attached hydrogen (secondary N) is 2. The predicted molar refractivity (Wildman–Crippen MR) is 81.7 cm³/mol. The van der Waals surface area contributed by atoms with Crippen LogP contribution < -0.4 is 10.6 Å². The van der Waals surface area contributed by atoms with Crippen LogP contribution in [-0.2, 0) is 9.53 Å². The Bertz CT molecular complexity index is 771. The van der Waals surface area contributed by atoms with Gasteiger partial charge >= 0.3 is 12.0 Å². The van der Waals surface area contributed by atoms with Gasteiger partial charge in [0, 0.05) is 11.4 Å². The van der Waals surface area contributed by atoms with E-state index in [2.05, 4.69) is 10.6 Å². The number of thioether (sulfide) groups is 1. The van der Waals surface area contributed by atoms with Crippen LogP contribution in [0.4, 0.5) is 26.7 Å². The lowest BCUT2D eigenvalue weighted by molar-refractivity contribution is -0.138. The molecule has 0 saturated heterocycles. The van der Waals surface area contributed by atoms with Crippen molar-refractivity contribution in [2.75, 3.05) is 12.4 Å². The molecule has 1 atom stereocenters. The molecule has 142 valence electrons. The van der Waals surface area contributed by atoms with Crippen molar-refractivity contribution in [1.82, 2.24) is 10.6 Å². The zero-order chi connectivity index (χ0) is 19.6. The maximum absolute atomic E-state index is 13.7. The third-order valence-electron chi connectivity index (χ3n) is 3.40. The van der Waals surface area contributed by atoms with Crippen molar-refractivity contribution in [2.45, 2.75) is 24.8 Å². The molecular weight excluding hydrogens is 383 g/mol. The molecule has 0 saturated carbocycles. The van der Waals surface area contributed by atoms with Crippen LogP contribution in [-0.4, -0.2) is 30.4 Å². The van der Waals surface area contributed by atoms with Crippen LogP contribution in [0.25, 0.3) is 0 Å². The van der Waals surface area contributed by atoms with Gasteiger partial charge in [-0.2, -0.15) is 0 Å². The quantitative estimate of drug-likeness (QED) is 0.264. The number of carbonyl (C=O) groups excluding carboxylic acids is 2. The Labute approximate surface area is 149 Å². The zero-order valence-corrected chi connectivity index (χ0v) is 14.3. The van der Waals surface area contributed by atoms with E-state index in [0.29, 0.717) is 0 Å². The van der Waals surface area contributed by atoms with Crippen molar-refractivity contribution in [3.05, 3.63) is 40.4 Å². The number of urea groups is 1. The Kier molecular flexibility index (Phi) is 6.11. The summed E-state index contributed by atoms with van der Waals surface area (Å²) in [5, 5.41) is 4.70. The van der Waals surface area contributed by atoms with Crippen molar-refractivity contribution in [3.63, 3.8) is 0 Å². The molecule has 1 aliphatic heterocycles. The van der Waals surface area contributed by atoms with E-state index in [1.807, 2.05) is 0 Å². The van der Waals surface area contributed by atoms with Crippen LogP contribution in [0.15, 0.2) is 16.2 Å². The van der Waals surface area contributed by atoms with Gasteiger partial charge in [-0.1, -0.05) is 0 Å². The molecule has 2 N–H and O–H groups in total. The van der Waals surface area contributed by atoms with Crippen LogP contribution in [0.5, 0.6) is 0 Å². The van der Waals surface area contributed by atoms with Crippen LogP contribution in [0.1, 0.15) is 13.8 Å². The van der Waals surface area contributed by atoms with Crippen molar-refractivity contribution < 1.29 is 36.3 Å². The summed E-state index contributed by atoms with van der Waals surface area (Å²) in [6.45, 7) is 3.08. The first-order valence-electron chi connectivity index (χ1n) is 7.30. The number of halogens is 5. The van der Waals surface area contributed by atoms with Gasteiger partial charge in [0.2, 0.25) is 5.82 Å². The minimum Gasteiger partial charge on any atom is -0.463 e. The van der Waals surface area contributed by atoms with Gasteiger partial charge in [0.25, 0.3) is 0 Å². The number of esters is 1. The molecule has 0 aliphatic carbocycles. The standard InChI is InChI=1S/C15H13F5N2O3S/c1-3-25-14(23)7-5(2)21-15(24)22-6(7)4-26-13-11(19)9(17)8(16)10(18)12(13)20/h5H,3-4H2,1-2H3,(H2,21,22,24)/t5-/m0/s1. The van der Waals surface area contributed by atoms with Gasteiger partial charge in [0.1, 0.15) is 0 Å². The van der Waals surface area contributed by atoms with E-state index in [0.717, 1.165) is 0 Å². The number of ether oxygens (including phenoxy) is 1. The lowest BCUT2D eigenvalue weighted by Gasteiger charge is -2.26. The van der Waals surface area contributed by atoms with E-state index >= 15 is 0 Å². The summed E-state index contributed by atoms with van der Waals surface area (Å²) >= 11 is 0.256. The minimum atomic E-state index is -2.26. The van der Waals surface area contributed by atoms with E-state index in [4.69, 9.17) is 4.74 Å². The van der Waals surface area contributed by atoms with E-state index in [9.17, 15) is 31.5 Å². The molecule has 26 heavy (non-hydrogen) atoms. The summed E-state index contributed by atoms with van der Waals surface area (Å²) in [5.74, 6) is -11.6. The van der Waals surface area contributed by atoms with Crippen LogP contribution in [0.2, 0.25) is 0 Å². The summed E-state index contributed by atoms with van der Waals surface area (Å²) in [7, 11) is 0. The summed E-state index contributed by atoms with van der Waals surface area (Å²) in [5.41, 5.74) is -0.0588. The minimum absolute atomic E-state index is 0.0113. The fourth-order valence-electron chi connectivity index (χ4n) is 2.25. The predicted octanol–water partition coefficient (Wildman–Crippen LogP) is 2.99. The van der Waals surface area contributed by atoms with Gasteiger partial charge in [0.15, 0.2) is 23.3 Å². The van der Waals surface area contributed by atoms with Gasteiger partial charge in [-0.05, 0) is 13.8 Å². The lowest BCUT2D eigenvalue weighted by Crippen LogP contribution is -2.49. The molecular formula is C15H13F5N2O3S. The molecule has 1 heterocycles. The monoisotopic (exact) mass is 396 g/mol. The molecule has 1 aliphatic rings. The molecule has 2 amide bonds. The molecule has 0 unspecified atom stereocenters. The Morgan fingerprint density at radius 2 is 1.62 bits per heavy atom. The van der Waals surface area contributed by atoms with Gasteiger partial charge < -0.3 is 15.4 Å². The van der Waals surface area contributed by atoms with Crippen LogP contribution in [0.3, 0.4) is 0 Å². The fourth-order valence-corrected chi connectivity index (χ4v) is 3.20. The molecule has 11 heteroatoms. The molecule has 5 nitrogen and oxygen atoms in total. The van der Waals surface area contributed by atoms with Gasteiger partial charge in [-0.25, -0.2) is 31.5 Å². The fraction of sp³-hybridized carbons (Fsp3) is 0.333. The van der Waals surface area contributed by atoms with E-state index < -0.39 is 57.8 Å². The van der Waals surface area contributed by atoms with E-state index in [1.54, 1.807) is 6.92 Å². The highest BCUT2D eigenvalue weighted by Crippen LogP contribution is 2.32. The normalized spacial score (nSPS) is 17.0. The highest BCUT2D eigenvalue weighted by Gasteiger charge is 2.31. The topological polar surface area (TPSA) is 67.4 Å². The van der Waals surface area contributed by atoms with Crippen LogP contribution >= 0.6 is 11.8 Å². The second kappa shape index (κ2) is 7.94. The number of hydrogen-bond donors (Lipinski definition) is 2. The number of benzene rings is 1. The van der Waals surface area contributed by atoms with Crippen molar-refractivity contribution in [3.8, 4) is 0 Å². The number of amides is 2. The molecule has 0 fully saturated rings. The highest BCUT2D eigenvalue weighted by molar-refractivity contribution is 7.99. The summed E-state index contributed by atoms with van der Waals surface area (Å²) < 4.78 is 71.9. The number of carbonyl (C=O) groups is 2. The average Bonchev–Trinajstić information content (AvgIpc) is 2.57. The SMILES string of the molecule is CCOC(=O)C1=C(CSc2c(F)c(F)c(F)c(F)c2F)NC(=O)N[C@H]1C. The Balaban J connectivity index is 2.38. The van der Waals surface area contributed by atoms with E-state index in [1.165, 1.54) is 6.92 Å². The zero-order valence-electron chi connectivity index (χ0n) is 13.5. The molecule has 0 radical (unpaired) electrons. The highest BCUT2D eigenvalue weighted by atomic mass is 32.2. The van der Waals surface area contributed by atoms with Crippen molar-refractivity contribution >= 4 is 23.8 Å². The number of hydrogen-bond acceptors (Lipinski definition) is 4. The Morgan fingerprint density at radius 3 is 2.15 bits per heavy atom. The van der Waals surface area contributed by atoms with Crippen molar-refractivity contribution in [2.24, 2.45) is 0 Å². The summed E-state index contributed by atoms with van der Waals surface area (Å²) in [4.78, 5) is 22.5. The molecule has 2 rings (SSSR count). The summed E-state index contributed by atoms with van der Waals surface area (Å²) in [6, 6.07) is -1.45. The smallest absolute Gasteiger partial charge is 0.337 e. The molecule has 0 spiro atoms. The third-order valence-corrected chi connectivity index (χ3v) is 4.48. The van der Waals surface area contributed by atoms with Crippen LogP contribution in [0, 0.1) is 29.1 Å². The van der Waals surface area contributed by atoms with Crippen molar-refractivity contribution in [1.29, 1.82) is 0 Å². The number of rotatable bonds is 5. The largest absolute Gasteiger partial charge is 0.463 e. The lowest BCUT2D eigenvalue weighted by atomic mass is 10.1. The molecule has 1 aromatic rings. The first kappa shape index (κ1) is 20.0. The first-order chi connectivity index (χ1) is 12.2. The van der Waals surface area contributed by atoms with Gasteiger partial charge in [0.05, 0.1) is 23.1 Å². The molecule has 0 aromatic heterocycles. The van der Waals surface area contributed by atoms with Gasteiger partial charge in [-0.3, -0.25) is 0 Å². The second-order valence-corrected chi connectivity index (χ2v) is 6.11.